The molecular weight excluding hydrogens is 242 g/mol. The molecule has 96 valence electrons. The van der Waals surface area contributed by atoms with Crippen LogP contribution in [0.3, 0.4) is 0 Å². The molecule has 0 bridgehead atoms. The zero-order valence-electron chi connectivity index (χ0n) is 10.7. The smallest absolute Gasteiger partial charge is 0.150 e. The fraction of sp³-hybridized carbons (Fsp3) is 0.357. The van der Waals surface area contributed by atoms with Crippen molar-refractivity contribution >= 4 is 11.3 Å². The molecule has 0 amide bonds. The first kappa shape index (κ1) is 13.1. The number of nitrogens with one attached hydrogen (secondary N) is 1. The quantitative estimate of drug-likeness (QED) is 0.613. The van der Waals surface area contributed by atoms with Gasteiger partial charge in [-0.15, -0.1) is 11.3 Å². The highest BCUT2D eigenvalue weighted by atomic mass is 32.1. The SMILES string of the molecule is C=C(CNCCC)Cn1ccnc1-c1cccs1. The van der Waals surface area contributed by atoms with E-state index >= 15 is 0 Å². The van der Waals surface area contributed by atoms with Gasteiger partial charge in [-0.2, -0.15) is 0 Å². The number of hydrogen-bond donors (Lipinski definition) is 1. The van der Waals surface area contributed by atoms with Crippen molar-refractivity contribution in [3.63, 3.8) is 0 Å². The fourth-order valence-electron chi connectivity index (χ4n) is 1.81. The topological polar surface area (TPSA) is 29.9 Å². The highest BCUT2D eigenvalue weighted by Gasteiger charge is 2.07. The molecule has 0 aliphatic heterocycles. The molecule has 1 N–H and O–H groups in total. The number of rotatable bonds is 7. The highest BCUT2D eigenvalue weighted by molar-refractivity contribution is 7.13. The van der Waals surface area contributed by atoms with Gasteiger partial charge >= 0.3 is 0 Å². The third-order valence-corrected chi connectivity index (χ3v) is 3.52. The van der Waals surface area contributed by atoms with Crippen molar-refractivity contribution < 1.29 is 0 Å². The normalized spacial score (nSPS) is 10.7. The lowest BCUT2D eigenvalue weighted by atomic mass is 10.3. The molecule has 2 aromatic rings. The molecule has 0 aliphatic rings. The third-order valence-electron chi connectivity index (χ3n) is 2.65. The molecule has 0 saturated carbocycles. The van der Waals surface area contributed by atoms with Crippen molar-refractivity contribution in [3.8, 4) is 10.7 Å². The largest absolute Gasteiger partial charge is 0.326 e. The minimum atomic E-state index is 0.823. The van der Waals surface area contributed by atoms with Crippen LogP contribution in [0.1, 0.15) is 13.3 Å². The molecule has 0 aliphatic carbocycles. The van der Waals surface area contributed by atoms with Crippen LogP contribution < -0.4 is 5.32 Å². The van der Waals surface area contributed by atoms with E-state index in [2.05, 4.69) is 45.9 Å². The zero-order chi connectivity index (χ0) is 12.8. The first-order valence-electron chi connectivity index (χ1n) is 6.23. The Hall–Kier alpha value is -1.39. The van der Waals surface area contributed by atoms with Gasteiger partial charge in [0.15, 0.2) is 0 Å². The lowest BCUT2D eigenvalue weighted by Crippen LogP contribution is -2.19. The number of aromatic nitrogens is 2. The van der Waals surface area contributed by atoms with Crippen LogP contribution >= 0.6 is 11.3 Å². The summed E-state index contributed by atoms with van der Waals surface area (Å²) >= 11 is 1.71. The van der Waals surface area contributed by atoms with E-state index in [4.69, 9.17) is 0 Å². The maximum atomic E-state index is 4.42. The van der Waals surface area contributed by atoms with Gasteiger partial charge in [-0.25, -0.2) is 4.98 Å². The van der Waals surface area contributed by atoms with Crippen molar-refractivity contribution in [2.45, 2.75) is 19.9 Å². The van der Waals surface area contributed by atoms with Crippen LogP contribution in [0, 0.1) is 0 Å². The molecular formula is C14H19N3S. The molecule has 0 saturated heterocycles. The molecule has 0 aromatic carbocycles. The molecule has 0 fully saturated rings. The van der Waals surface area contributed by atoms with E-state index in [9.17, 15) is 0 Å². The van der Waals surface area contributed by atoms with E-state index in [0.29, 0.717) is 0 Å². The van der Waals surface area contributed by atoms with E-state index in [1.807, 2.05) is 12.4 Å². The van der Waals surface area contributed by atoms with E-state index < -0.39 is 0 Å². The monoisotopic (exact) mass is 261 g/mol. The molecule has 2 aromatic heterocycles. The first-order chi connectivity index (χ1) is 8.81. The van der Waals surface area contributed by atoms with Crippen LogP contribution in [0.5, 0.6) is 0 Å². The van der Waals surface area contributed by atoms with E-state index in [0.717, 1.165) is 31.9 Å². The summed E-state index contributed by atoms with van der Waals surface area (Å²) in [4.78, 5) is 5.62. The van der Waals surface area contributed by atoms with Crippen LogP contribution in [0.15, 0.2) is 42.1 Å². The van der Waals surface area contributed by atoms with Crippen LogP contribution in [0.25, 0.3) is 10.7 Å². The maximum Gasteiger partial charge on any atom is 0.150 e. The minimum absolute atomic E-state index is 0.823. The average Bonchev–Trinajstić information content (AvgIpc) is 2.99. The second-order valence-corrected chi connectivity index (χ2v) is 5.23. The van der Waals surface area contributed by atoms with Gasteiger partial charge in [0.25, 0.3) is 0 Å². The van der Waals surface area contributed by atoms with Crippen molar-refractivity contribution in [2.75, 3.05) is 13.1 Å². The summed E-state index contributed by atoms with van der Waals surface area (Å²) in [5.74, 6) is 1.03. The lowest BCUT2D eigenvalue weighted by molar-refractivity contribution is 0.676. The van der Waals surface area contributed by atoms with Crippen LogP contribution in [-0.2, 0) is 6.54 Å². The van der Waals surface area contributed by atoms with Crippen molar-refractivity contribution in [1.29, 1.82) is 0 Å². The van der Waals surface area contributed by atoms with Crippen LogP contribution in [-0.4, -0.2) is 22.6 Å². The Kier molecular flexibility index (Phi) is 4.73. The van der Waals surface area contributed by atoms with Crippen LogP contribution in [0.4, 0.5) is 0 Å². The lowest BCUT2D eigenvalue weighted by Gasteiger charge is -2.10. The third kappa shape index (κ3) is 3.31. The van der Waals surface area contributed by atoms with E-state index in [-0.39, 0.29) is 0 Å². The summed E-state index contributed by atoms with van der Waals surface area (Å²) < 4.78 is 2.15. The van der Waals surface area contributed by atoms with Gasteiger partial charge in [0.2, 0.25) is 0 Å². The first-order valence-corrected chi connectivity index (χ1v) is 7.11. The highest BCUT2D eigenvalue weighted by Crippen LogP contribution is 2.23. The molecule has 4 heteroatoms. The predicted octanol–water partition coefficient (Wildman–Crippen LogP) is 3.17. The Morgan fingerprint density at radius 2 is 2.44 bits per heavy atom. The van der Waals surface area contributed by atoms with Gasteiger partial charge in [-0.1, -0.05) is 19.6 Å². The standard InChI is InChI=1S/C14H19N3S/c1-3-6-15-10-12(2)11-17-8-7-16-14(17)13-5-4-9-18-13/h4-5,7-9,15H,2-3,6,10-11H2,1H3. The van der Waals surface area contributed by atoms with Crippen molar-refractivity contribution in [1.82, 2.24) is 14.9 Å². The van der Waals surface area contributed by atoms with Gasteiger partial charge in [0.05, 0.1) is 4.88 Å². The number of hydrogen-bond acceptors (Lipinski definition) is 3. The Morgan fingerprint density at radius 3 is 3.17 bits per heavy atom. The summed E-state index contributed by atoms with van der Waals surface area (Å²) in [6, 6.07) is 4.15. The number of imidazole rings is 1. The fourth-order valence-corrected chi connectivity index (χ4v) is 2.54. The Balaban J connectivity index is 1.98. The van der Waals surface area contributed by atoms with E-state index in [1.165, 1.54) is 10.5 Å². The molecule has 18 heavy (non-hydrogen) atoms. The van der Waals surface area contributed by atoms with Crippen molar-refractivity contribution in [3.05, 3.63) is 42.1 Å². The second-order valence-electron chi connectivity index (χ2n) is 4.28. The maximum absolute atomic E-state index is 4.42. The predicted molar refractivity (Wildman–Crippen MR) is 77.8 cm³/mol. The number of nitrogens with zero attached hydrogens (tertiary/aromatic N) is 2. The van der Waals surface area contributed by atoms with Gasteiger partial charge in [-0.3, -0.25) is 0 Å². The molecule has 2 rings (SSSR count). The summed E-state index contributed by atoms with van der Waals surface area (Å²) in [6.45, 7) is 9.02. The van der Waals surface area contributed by atoms with Gasteiger partial charge in [0, 0.05) is 25.5 Å². The van der Waals surface area contributed by atoms with Gasteiger partial charge in [-0.05, 0) is 30.0 Å². The molecule has 0 radical (unpaired) electrons. The molecule has 3 nitrogen and oxygen atoms in total. The van der Waals surface area contributed by atoms with E-state index in [1.54, 1.807) is 11.3 Å². The van der Waals surface area contributed by atoms with Crippen LogP contribution in [0.2, 0.25) is 0 Å². The Labute approximate surface area is 112 Å². The average molecular weight is 261 g/mol. The Morgan fingerprint density at radius 1 is 1.56 bits per heavy atom. The summed E-state index contributed by atoms with van der Waals surface area (Å²) in [5.41, 5.74) is 1.18. The Bertz CT molecular complexity index is 485. The summed E-state index contributed by atoms with van der Waals surface area (Å²) in [5, 5.41) is 5.45. The molecule has 2 heterocycles. The summed E-state index contributed by atoms with van der Waals surface area (Å²) in [7, 11) is 0. The second kappa shape index (κ2) is 6.52. The molecule has 0 unspecified atom stereocenters. The van der Waals surface area contributed by atoms with Gasteiger partial charge in [0.1, 0.15) is 5.82 Å². The molecule has 0 atom stereocenters. The molecule has 0 spiro atoms. The minimum Gasteiger partial charge on any atom is -0.326 e. The van der Waals surface area contributed by atoms with Crippen molar-refractivity contribution in [2.24, 2.45) is 0 Å². The number of thiophene rings is 1. The summed E-state index contributed by atoms with van der Waals surface area (Å²) in [6.07, 6.45) is 5.01. The zero-order valence-corrected chi connectivity index (χ0v) is 11.5. The van der Waals surface area contributed by atoms with Gasteiger partial charge < -0.3 is 9.88 Å².